The Hall–Kier alpha value is -0.120. The van der Waals surface area contributed by atoms with E-state index in [1.54, 1.807) is 0 Å². The predicted octanol–water partition coefficient (Wildman–Crippen LogP) is 2.65. The van der Waals surface area contributed by atoms with Gasteiger partial charge in [-0.15, -0.1) is 0 Å². The van der Waals surface area contributed by atoms with Gasteiger partial charge in [0.15, 0.2) is 0 Å². The van der Waals surface area contributed by atoms with Gasteiger partial charge < -0.3 is 15.0 Å². The first kappa shape index (κ1) is 15.3. The van der Waals surface area contributed by atoms with Crippen LogP contribution >= 0.6 is 0 Å². The second-order valence-corrected chi connectivity index (χ2v) is 7.52. The summed E-state index contributed by atoms with van der Waals surface area (Å²) in [4.78, 5) is 2.67. The minimum absolute atomic E-state index is 0.0473. The van der Waals surface area contributed by atoms with Crippen molar-refractivity contribution in [2.24, 2.45) is 5.92 Å². The Morgan fingerprint density at radius 3 is 2.42 bits per heavy atom. The third kappa shape index (κ3) is 2.98. The van der Waals surface area contributed by atoms with E-state index in [1.807, 2.05) is 0 Å². The maximum Gasteiger partial charge on any atom is 0.0790 e. The number of piperidine rings is 1. The zero-order valence-corrected chi connectivity index (χ0v) is 13.6. The number of nitrogens with one attached hydrogen (secondary N) is 1. The summed E-state index contributed by atoms with van der Waals surface area (Å²) in [6, 6.07) is 1.15. The van der Waals surface area contributed by atoms with E-state index in [9.17, 15) is 0 Å². The molecule has 0 saturated carbocycles. The Bertz CT molecular complexity index is 314. The quantitative estimate of drug-likeness (QED) is 0.851. The number of hydrogen-bond donors (Lipinski definition) is 1. The van der Waals surface area contributed by atoms with Gasteiger partial charge in [-0.1, -0.05) is 6.42 Å². The molecule has 0 aromatic carbocycles. The molecule has 0 spiro atoms. The Kier molecular flexibility index (Phi) is 4.29. The van der Waals surface area contributed by atoms with Gasteiger partial charge in [0, 0.05) is 24.5 Å². The van der Waals surface area contributed by atoms with E-state index in [0.717, 1.165) is 12.6 Å². The second-order valence-electron chi connectivity index (χ2n) is 7.52. The van der Waals surface area contributed by atoms with E-state index in [-0.39, 0.29) is 11.2 Å². The molecule has 2 rings (SSSR count). The van der Waals surface area contributed by atoms with Gasteiger partial charge in [0.25, 0.3) is 0 Å². The van der Waals surface area contributed by atoms with E-state index in [4.69, 9.17) is 4.74 Å². The van der Waals surface area contributed by atoms with Gasteiger partial charge in [0.2, 0.25) is 0 Å². The summed E-state index contributed by atoms with van der Waals surface area (Å²) in [5.41, 5.74) is -0.129. The van der Waals surface area contributed by atoms with Crippen molar-refractivity contribution in [2.45, 2.75) is 77.2 Å². The van der Waals surface area contributed by atoms with Crippen LogP contribution in [0.4, 0.5) is 0 Å². The van der Waals surface area contributed by atoms with E-state index in [2.05, 4.69) is 51.9 Å². The second kappa shape index (κ2) is 5.34. The third-order valence-electron chi connectivity index (χ3n) is 5.25. The van der Waals surface area contributed by atoms with Crippen LogP contribution in [0.2, 0.25) is 0 Å². The number of rotatable bonds is 3. The van der Waals surface area contributed by atoms with Crippen LogP contribution in [0.25, 0.3) is 0 Å². The molecule has 2 heterocycles. The average Bonchev–Trinajstić information content (AvgIpc) is 2.46. The summed E-state index contributed by atoms with van der Waals surface area (Å²) in [6.07, 6.45) is 4.09. The maximum atomic E-state index is 6.34. The molecule has 3 atom stereocenters. The van der Waals surface area contributed by atoms with Crippen molar-refractivity contribution in [3.63, 3.8) is 0 Å². The predicted molar refractivity (Wildman–Crippen MR) is 80.5 cm³/mol. The van der Waals surface area contributed by atoms with Gasteiger partial charge in [-0.25, -0.2) is 0 Å². The minimum Gasteiger partial charge on any atom is -0.368 e. The van der Waals surface area contributed by atoms with Crippen LogP contribution in [0.15, 0.2) is 0 Å². The molecular formula is C16H32N2O. The van der Waals surface area contributed by atoms with Crippen LogP contribution in [0.1, 0.15) is 53.9 Å². The van der Waals surface area contributed by atoms with E-state index < -0.39 is 0 Å². The fraction of sp³-hybridized carbons (Fsp3) is 1.00. The van der Waals surface area contributed by atoms with Gasteiger partial charge >= 0.3 is 0 Å². The van der Waals surface area contributed by atoms with Crippen LogP contribution in [-0.4, -0.2) is 48.3 Å². The van der Waals surface area contributed by atoms with Crippen molar-refractivity contribution in [3.8, 4) is 0 Å². The monoisotopic (exact) mass is 268 g/mol. The van der Waals surface area contributed by atoms with Crippen LogP contribution in [0.5, 0.6) is 0 Å². The highest BCUT2D eigenvalue weighted by Crippen LogP contribution is 2.43. The zero-order chi connectivity index (χ0) is 14.3. The van der Waals surface area contributed by atoms with Gasteiger partial charge in [-0.05, 0) is 61.1 Å². The van der Waals surface area contributed by atoms with Crippen molar-refractivity contribution >= 4 is 0 Å². The third-order valence-corrected chi connectivity index (χ3v) is 5.25. The molecule has 0 aliphatic carbocycles. The number of hydrogen-bond acceptors (Lipinski definition) is 3. The van der Waals surface area contributed by atoms with Crippen LogP contribution in [0, 0.1) is 5.92 Å². The summed E-state index contributed by atoms with van der Waals surface area (Å²) in [7, 11) is 2.07. The van der Waals surface area contributed by atoms with Crippen LogP contribution < -0.4 is 5.32 Å². The molecular weight excluding hydrogens is 236 g/mol. The summed E-state index contributed by atoms with van der Waals surface area (Å²) < 4.78 is 6.34. The Morgan fingerprint density at radius 2 is 1.84 bits per heavy atom. The highest BCUT2D eigenvalue weighted by molar-refractivity contribution is 5.06. The molecule has 3 heteroatoms. The Morgan fingerprint density at radius 1 is 1.16 bits per heavy atom. The molecule has 1 N–H and O–H groups in total. The molecule has 0 radical (unpaired) electrons. The van der Waals surface area contributed by atoms with Crippen molar-refractivity contribution in [1.29, 1.82) is 0 Å². The van der Waals surface area contributed by atoms with Crippen LogP contribution in [-0.2, 0) is 4.74 Å². The van der Waals surface area contributed by atoms with E-state index in [1.165, 1.54) is 25.8 Å². The molecule has 3 unspecified atom stereocenters. The average molecular weight is 268 g/mol. The molecule has 19 heavy (non-hydrogen) atoms. The molecule has 112 valence electrons. The summed E-state index contributed by atoms with van der Waals surface area (Å²) in [5, 5.41) is 3.51. The molecule has 3 nitrogen and oxygen atoms in total. The highest BCUT2D eigenvalue weighted by atomic mass is 16.5. The molecule has 0 aromatic rings. The fourth-order valence-electron chi connectivity index (χ4n) is 4.26. The molecule has 2 fully saturated rings. The fourth-order valence-corrected chi connectivity index (χ4v) is 4.26. The molecule has 0 bridgehead atoms. The smallest absolute Gasteiger partial charge is 0.0790 e. The topological polar surface area (TPSA) is 24.5 Å². The van der Waals surface area contributed by atoms with Crippen molar-refractivity contribution in [3.05, 3.63) is 0 Å². The Labute approximate surface area is 119 Å². The lowest BCUT2D eigenvalue weighted by Gasteiger charge is -2.39. The lowest BCUT2D eigenvalue weighted by molar-refractivity contribution is -0.0804. The zero-order valence-electron chi connectivity index (χ0n) is 13.6. The van der Waals surface area contributed by atoms with E-state index in [0.29, 0.717) is 12.0 Å². The molecule has 2 saturated heterocycles. The van der Waals surface area contributed by atoms with Gasteiger partial charge in [-0.3, -0.25) is 0 Å². The first-order valence-corrected chi connectivity index (χ1v) is 7.89. The van der Waals surface area contributed by atoms with Crippen LogP contribution in [0.3, 0.4) is 0 Å². The first-order valence-electron chi connectivity index (χ1n) is 7.89. The lowest BCUT2D eigenvalue weighted by atomic mass is 9.81. The summed E-state index contributed by atoms with van der Waals surface area (Å²) in [6.45, 7) is 13.7. The van der Waals surface area contributed by atoms with Crippen molar-refractivity contribution in [2.75, 3.05) is 20.1 Å². The molecule has 0 aromatic heterocycles. The molecule has 0 amide bonds. The minimum atomic E-state index is -0.0814. The SMILES string of the molecule is CNC1C(CN2CCCCC2C)C(C)(C)OC1(C)C. The Balaban J connectivity index is 2.12. The summed E-state index contributed by atoms with van der Waals surface area (Å²) in [5.74, 6) is 0.549. The molecule has 2 aliphatic rings. The van der Waals surface area contributed by atoms with E-state index >= 15 is 0 Å². The number of likely N-dealkylation sites (tertiary alicyclic amines) is 1. The van der Waals surface area contributed by atoms with Crippen molar-refractivity contribution < 1.29 is 4.74 Å². The van der Waals surface area contributed by atoms with Gasteiger partial charge in [-0.2, -0.15) is 0 Å². The first-order chi connectivity index (χ1) is 8.78. The lowest BCUT2D eigenvalue weighted by Crippen LogP contribution is -2.51. The van der Waals surface area contributed by atoms with Gasteiger partial charge in [0.05, 0.1) is 11.2 Å². The molecule has 2 aliphatic heterocycles. The number of nitrogens with zero attached hydrogens (tertiary/aromatic N) is 1. The van der Waals surface area contributed by atoms with Gasteiger partial charge in [0.1, 0.15) is 0 Å². The standard InChI is InChI=1S/C16H32N2O/c1-12-9-7-8-10-18(12)11-13-14(17-6)16(4,5)19-15(13,2)3/h12-14,17H,7-11H2,1-6H3. The van der Waals surface area contributed by atoms with Crippen molar-refractivity contribution in [1.82, 2.24) is 10.2 Å². The maximum absolute atomic E-state index is 6.34. The number of likely N-dealkylation sites (N-methyl/N-ethyl adjacent to an activating group) is 1. The largest absolute Gasteiger partial charge is 0.368 e. The normalized spacial score (nSPS) is 38.5. The number of ether oxygens (including phenoxy) is 1. The summed E-state index contributed by atoms with van der Waals surface area (Å²) >= 11 is 0. The highest BCUT2D eigenvalue weighted by Gasteiger charge is 2.53.